The summed E-state index contributed by atoms with van der Waals surface area (Å²) in [4.78, 5) is 15.7. The van der Waals surface area contributed by atoms with E-state index in [1.807, 2.05) is 13.8 Å². The molecule has 0 saturated carbocycles. The minimum atomic E-state index is -4.28. The highest BCUT2D eigenvalue weighted by atomic mass is 35.5. The maximum Gasteiger partial charge on any atom is 0.405 e. The molecule has 1 N–H and O–H groups in total. The number of benzene rings is 1. The second-order valence-corrected chi connectivity index (χ2v) is 6.32. The van der Waals surface area contributed by atoms with E-state index < -0.39 is 12.7 Å². The molecule has 0 saturated heterocycles. The van der Waals surface area contributed by atoms with Crippen molar-refractivity contribution in [2.24, 2.45) is 0 Å². The zero-order valence-electron chi connectivity index (χ0n) is 12.7. The first-order chi connectivity index (χ1) is 10.7. The number of rotatable bonds is 2. The monoisotopic (exact) mass is 344 g/mol. The van der Waals surface area contributed by atoms with E-state index in [1.54, 1.807) is 12.1 Å². The molecular weight excluding hydrogens is 329 g/mol. The molecule has 2 atom stereocenters. The van der Waals surface area contributed by atoms with Gasteiger partial charge in [0.2, 0.25) is 5.56 Å². The summed E-state index contributed by atoms with van der Waals surface area (Å²) in [6.45, 7) is 2.79. The Morgan fingerprint density at radius 1 is 1.35 bits per heavy atom. The van der Waals surface area contributed by atoms with Gasteiger partial charge in [-0.05, 0) is 24.1 Å². The van der Waals surface area contributed by atoms with Gasteiger partial charge in [-0.2, -0.15) is 13.2 Å². The van der Waals surface area contributed by atoms with E-state index in [9.17, 15) is 18.0 Å². The second kappa shape index (κ2) is 5.44. The Balaban J connectivity index is 2.25. The van der Waals surface area contributed by atoms with Crippen LogP contribution in [-0.4, -0.2) is 23.7 Å². The lowest BCUT2D eigenvalue weighted by atomic mass is 9.92. The number of alkyl halides is 3. The van der Waals surface area contributed by atoms with Crippen LogP contribution in [0.3, 0.4) is 0 Å². The van der Waals surface area contributed by atoms with Gasteiger partial charge in [0, 0.05) is 29.1 Å². The maximum absolute atomic E-state index is 13.0. The highest BCUT2D eigenvalue weighted by Crippen LogP contribution is 2.47. The molecule has 0 radical (unpaired) electrons. The molecule has 7 heteroatoms. The highest BCUT2D eigenvalue weighted by Gasteiger charge is 2.42. The third-order valence-corrected chi connectivity index (χ3v) is 4.79. The number of aromatic nitrogens is 1. The standard InChI is InChI=1S/C16H16ClF3N2O/c1-3-11-8(2)14-12(22(11)7-16(18,19)20)5-4-10-15(14)9(17)6-13(23)21-10/h4-6,8,11H,3,7H2,1-2H3,(H,21,23). The van der Waals surface area contributed by atoms with Crippen LogP contribution in [0.4, 0.5) is 18.9 Å². The van der Waals surface area contributed by atoms with Crippen molar-refractivity contribution >= 4 is 28.2 Å². The summed E-state index contributed by atoms with van der Waals surface area (Å²) in [5.41, 5.74) is 1.55. The van der Waals surface area contributed by atoms with Crippen molar-refractivity contribution in [3.05, 3.63) is 39.1 Å². The van der Waals surface area contributed by atoms with Crippen molar-refractivity contribution in [2.45, 2.75) is 38.4 Å². The Morgan fingerprint density at radius 2 is 2.04 bits per heavy atom. The van der Waals surface area contributed by atoms with Gasteiger partial charge in [0.25, 0.3) is 0 Å². The minimum Gasteiger partial charge on any atom is -0.359 e. The Bertz CT molecular complexity index is 815. The lowest BCUT2D eigenvalue weighted by molar-refractivity contribution is -0.120. The van der Waals surface area contributed by atoms with Gasteiger partial charge in [-0.3, -0.25) is 4.79 Å². The topological polar surface area (TPSA) is 36.1 Å². The largest absolute Gasteiger partial charge is 0.405 e. The fraction of sp³-hybridized carbons (Fsp3) is 0.438. The van der Waals surface area contributed by atoms with Crippen LogP contribution < -0.4 is 10.5 Å². The lowest BCUT2D eigenvalue weighted by Gasteiger charge is -2.29. The zero-order chi connectivity index (χ0) is 16.9. The molecule has 0 spiro atoms. The van der Waals surface area contributed by atoms with Crippen molar-refractivity contribution < 1.29 is 13.2 Å². The van der Waals surface area contributed by atoms with E-state index in [-0.39, 0.29) is 22.5 Å². The Hall–Kier alpha value is -1.69. The second-order valence-electron chi connectivity index (χ2n) is 5.91. The van der Waals surface area contributed by atoms with Crippen LogP contribution in [0.5, 0.6) is 0 Å². The molecule has 1 aliphatic heterocycles. The molecule has 124 valence electrons. The van der Waals surface area contributed by atoms with E-state index in [4.69, 9.17) is 11.6 Å². The van der Waals surface area contributed by atoms with Crippen molar-refractivity contribution in [1.29, 1.82) is 0 Å². The summed E-state index contributed by atoms with van der Waals surface area (Å²) in [7, 11) is 0. The molecule has 23 heavy (non-hydrogen) atoms. The summed E-state index contributed by atoms with van der Waals surface area (Å²) in [5.74, 6) is -0.107. The Morgan fingerprint density at radius 3 is 2.65 bits per heavy atom. The summed E-state index contributed by atoms with van der Waals surface area (Å²) < 4.78 is 38.9. The molecular formula is C16H16ClF3N2O. The number of H-pyrrole nitrogens is 1. The Kier molecular flexibility index (Phi) is 3.83. The number of nitrogens with one attached hydrogen (secondary N) is 1. The average molecular weight is 345 g/mol. The smallest absolute Gasteiger partial charge is 0.359 e. The quantitative estimate of drug-likeness (QED) is 0.874. The Labute approximate surface area is 136 Å². The van der Waals surface area contributed by atoms with Crippen LogP contribution in [0, 0.1) is 0 Å². The molecule has 0 fully saturated rings. The summed E-state index contributed by atoms with van der Waals surface area (Å²) >= 11 is 6.22. The number of pyridine rings is 1. The summed E-state index contributed by atoms with van der Waals surface area (Å²) in [5, 5.41) is 0.913. The first-order valence-corrected chi connectivity index (χ1v) is 7.79. The molecule has 2 heterocycles. The van der Waals surface area contributed by atoms with Crippen LogP contribution >= 0.6 is 11.6 Å². The summed E-state index contributed by atoms with van der Waals surface area (Å²) in [6, 6.07) is 4.28. The van der Waals surface area contributed by atoms with Gasteiger partial charge in [0.05, 0.1) is 10.5 Å². The number of hydrogen-bond acceptors (Lipinski definition) is 2. The van der Waals surface area contributed by atoms with Gasteiger partial charge in [-0.25, -0.2) is 0 Å². The molecule has 2 aromatic rings. The van der Waals surface area contributed by atoms with Gasteiger partial charge in [-0.15, -0.1) is 0 Å². The first-order valence-electron chi connectivity index (χ1n) is 7.41. The molecule has 3 nitrogen and oxygen atoms in total. The number of hydrogen-bond donors (Lipinski definition) is 1. The van der Waals surface area contributed by atoms with E-state index in [1.165, 1.54) is 11.0 Å². The molecule has 0 aliphatic carbocycles. The lowest BCUT2D eigenvalue weighted by Crippen LogP contribution is -2.40. The van der Waals surface area contributed by atoms with Gasteiger partial charge < -0.3 is 9.88 Å². The third-order valence-electron chi connectivity index (χ3n) is 4.49. The van der Waals surface area contributed by atoms with Crippen molar-refractivity contribution in [3.8, 4) is 0 Å². The van der Waals surface area contributed by atoms with Gasteiger partial charge in [-0.1, -0.05) is 25.4 Å². The van der Waals surface area contributed by atoms with Gasteiger partial charge in [0.1, 0.15) is 6.54 Å². The van der Waals surface area contributed by atoms with Crippen LogP contribution in [0.1, 0.15) is 31.7 Å². The van der Waals surface area contributed by atoms with Crippen LogP contribution in [0.25, 0.3) is 10.9 Å². The van der Waals surface area contributed by atoms with Crippen molar-refractivity contribution in [1.82, 2.24) is 4.98 Å². The van der Waals surface area contributed by atoms with Crippen molar-refractivity contribution in [2.75, 3.05) is 11.4 Å². The van der Waals surface area contributed by atoms with E-state index in [2.05, 4.69) is 4.98 Å². The van der Waals surface area contributed by atoms with Crippen molar-refractivity contribution in [3.63, 3.8) is 0 Å². The summed E-state index contributed by atoms with van der Waals surface area (Å²) in [6.07, 6.45) is -3.69. The minimum absolute atomic E-state index is 0.107. The SMILES string of the molecule is CCC1C(C)c2c(ccc3[nH]c(=O)cc(Cl)c23)N1CC(F)(F)F. The fourth-order valence-electron chi connectivity index (χ4n) is 3.65. The fourth-order valence-corrected chi connectivity index (χ4v) is 3.95. The molecule has 1 aromatic carbocycles. The van der Waals surface area contributed by atoms with E-state index >= 15 is 0 Å². The maximum atomic E-state index is 13.0. The molecule has 3 rings (SSSR count). The molecule has 1 aromatic heterocycles. The highest BCUT2D eigenvalue weighted by molar-refractivity contribution is 6.35. The molecule has 0 amide bonds. The zero-order valence-corrected chi connectivity index (χ0v) is 13.4. The third kappa shape index (κ3) is 2.69. The predicted molar refractivity (Wildman–Crippen MR) is 85.5 cm³/mol. The van der Waals surface area contributed by atoms with E-state index in [0.717, 1.165) is 5.56 Å². The number of fused-ring (bicyclic) bond motifs is 3. The van der Waals surface area contributed by atoms with Crippen LogP contribution in [0.2, 0.25) is 5.02 Å². The first kappa shape index (κ1) is 16.2. The molecule has 1 aliphatic rings. The average Bonchev–Trinajstić information content (AvgIpc) is 2.68. The normalized spacial score (nSPS) is 21.0. The number of aromatic amines is 1. The molecule has 0 bridgehead atoms. The van der Waals surface area contributed by atoms with E-state index in [0.29, 0.717) is 23.0 Å². The predicted octanol–water partition coefficient (Wildman–Crippen LogP) is 4.45. The van der Waals surface area contributed by atoms with Crippen LogP contribution in [-0.2, 0) is 0 Å². The number of anilines is 1. The van der Waals surface area contributed by atoms with Crippen LogP contribution in [0.15, 0.2) is 23.0 Å². The van der Waals surface area contributed by atoms with Gasteiger partial charge in [0.15, 0.2) is 0 Å². The van der Waals surface area contributed by atoms with Gasteiger partial charge >= 0.3 is 6.18 Å². The number of halogens is 4. The number of nitrogens with zero attached hydrogens (tertiary/aromatic N) is 1. The molecule has 2 unspecified atom stereocenters.